The summed E-state index contributed by atoms with van der Waals surface area (Å²) in [5, 5.41) is 12.8. The van der Waals surface area contributed by atoms with Crippen molar-refractivity contribution < 1.29 is 8.42 Å². The van der Waals surface area contributed by atoms with Crippen molar-refractivity contribution in [2.24, 2.45) is 5.10 Å². The molecule has 1 aromatic heterocycles. The van der Waals surface area contributed by atoms with Gasteiger partial charge in [-0.2, -0.15) is 18.6 Å². The fourth-order valence-corrected chi connectivity index (χ4v) is 3.91. The van der Waals surface area contributed by atoms with Crippen LogP contribution in [0.1, 0.15) is 18.1 Å². The third-order valence-corrected chi connectivity index (χ3v) is 5.95. The van der Waals surface area contributed by atoms with Crippen LogP contribution in [0, 0.1) is 0 Å². The maximum Gasteiger partial charge on any atom is 0.276 e. The number of benzene rings is 3. The van der Waals surface area contributed by atoms with Gasteiger partial charge in [-0.3, -0.25) is 5.10 Å². The molecule has 0 radical (unpaired) electrons. The Morgan fingerprint density at radius 3 is 2.55 bits per heavy atom. The van der Waals surface area contributed by atoms with E-state index in [1.54, 1.807) is 24.4 Å². The minimum atomic E-state index is -3.77. The predicted molar refractivity (Wildman–Crippen MR) is 115 cm³/mol. The first-order chi connectivity index (χ1) is 14.1. The van der Waals surface area contributed by atoms with E-state index in [1.165, 1.54) is 11.8 Å². The van der Waals surface area contributed by atoms with Gasteiger partial charge in [0.15, 0.2) is 0 Å². The number of aryl methyl sites for hydroxylation is 1. The van der Waals surface area contributed by atoms with Gasteiger partial charge in [-0.1, -0.05) is 61.5 Å². The highest BCUT2D eigenvalue weighted by atomic mass is 32.2. The van der Waals surface area contributed by atoms with Crippen molar-refractivity contribution in [1.82, 2.24) is 15.0 Å². The van der Waals surface area contributed by atoms with Crippen LogP contribution in [0.4, 0.5) is 0 Å². The molecule has 0 spiro atoms. The zero-order valence-corrected chi connectivity index (χ0v) is 16.6. The number of nitrogens with one attached hydrogen (secondary N) is 2. The summed E-state index contributed by atoms with van der Waals surface area (Å²) in [7, 11) is -3.77. The quantitative estimate of drug-likeness (QED) is 0.375. The van der Waals surface area contributed by atoms with Crippen molar-refractivity contribution in [3.05, 3.63) is 84.1 Å². The van der Waals surface area contributed by atoms with Gasteiger partial charge >= 0.3 is 0 Å². The lowest BCUT2D eigenvalue weighted by molar-refractivity contribution is 0.585. The summed E-state index contributed by atoms with van der Waals surface area (Å²) in [5.41, 5.74) is 3.67. The fraction of sp³-hybridized carbons (Fsp3) is 0.0909. The molecule has 6 nitrogen and oxygen atoms in total. The summed E-state index contributed by atoms with van der Waals surface area (Å²) < 4.78 is 25.2. The first kappa shape index (κ1) is 18.9. The zero-order chi connectivity index (χ0) is 20.3. The van der Waals surface area contributed by atoms with Crippen LogP contribution >= 0.6 is 0 Å². The summed E-state index contributed by atoms with van der Waals surface area (Å²) >= 11 is 0. The zero-order valence-electron chi connectivity index (χ0n) is 15.8. The molecule has 0 fully saturated rings. The highest BCUT2D eigenvalue weighted by molar-refractivity contribution is 7.89. The normalized spacial score (nSPS) is 11.9. The largest absolute Gasteiger partial charge is 0.277 e. The molecule has 0 bridgehead atoms. The van der Waals surface area contributed by atoms with Crippen LogP contribution < -0.4 is 4.83 Å². The van der Waals surface area contributed by atoms with Crippen LogP contribution in [-0.2, 0) is 16.4 Å². The third-order valence-electron chi connectivity index (χ3n) is 4.73. The minimum Gasteiger partial charge on any atom is -0.277 e. The van der Waals surface area contributed by atoms with Gasteiger partial charge in [0.2, 0.25) is 0 Å². The number of hydrogen-bond donors (Lipinski definition) is 2. The van der Waals surface area contributed by atoms with E-state index in [1.807, 2.05) is 36.4 Å². The number of aromatic amines is 1. The van der Waals surface area contributed by atoms with Crippen molar-refractivity contribution in [3.63, 3.8) is 0 Å². The summed E-state index contributed by atoms with van der Waals surface area (Å²) in [6, 6.07) is 20.7. The van der Waals surface area contributed by atoms with E-state index in [9.17, 15) is 8.42 Å². The second kappa shape index (κ2) is 7.89. The molecule has 0 aliphatic rings. The highest BCUT2D eigenvalue weighted by Gasteiger charge is 2.13. The Morgan fingerprint density at radius 2 is 1.79 bits per heavy atom. The Hall–Kier alpha value is -3.45. The molecule has 0 saturated heterocycles. The number of nitrogens with zero attached hydrogens (tertiary/aromatic N) is 2. The Kier molecular flexibility index (Phi) is 5.14. The average molecular weight is 404 g/mol. The summed E-state index contributed by atoms with van der Waals surface area (Å²) in [6.07, 6.45) is 4.02. The van der Waals surface area contributed by atoms with Gasteiger partial charge in [0.25, 0.3) is 10.0 Å². The number of hydrogen-bond acceptors (Lipinski definition) is 4. The van der Waals surface area contributed by atoms with Gasteiger partial charge < -0.3 is 0 Å². The maximum absolute atomic E-state index is 12.6. The molecule has 7 heteroatoms. The molecule has 0 aliphatic carbocycles. The van der Waals surface area contributed by atoms with E-state index >= 15 is 0 Å². The van der Waals surface area contributed by atoms with Gasteiger partial charge in [-0.05, 0) is 34.9 Å². The standard InChI is InChI=1S/C22H20N4O2S/c1-2-16-7-9-18(10-8-16)22-20(14-23-25-22)15-24-26-29(27,28)21-12-11-17-5-3-4-6-19(17)13-21/h3-15,26H,2H2,1H3,(H,23,25)/b24-15+. The molecule has 0 aliphatic heterocycles. The summed E-state index contributed by atoms with van der Waals surface area (Å²) in [6.45, 7) is 2.10. The average Bonchev–Trinajstić information content (AvgIpc) is 3.22. The van der Waals surface area contributed by atoms with Gasteiger partial charge in [-0.15, -0.1) is 0 Å². The lowest BCUT2D eigenvalue weighted by atomic mass is 10.1. The number of rotatable bonds is 6. The second-order valence-corrected chi connectivity index (χ2v) is 8.27. The summed E-state index contributed by atoms with van der Waals surface area (Å²) in [4.78, 5) is 2.44. The van der Waals surface area contributed by atoms with Crippen molar-refractivity contribution in [1.29, 1.82) is 0 Å². The first-order valence-corrected chi connectivity index (χ1v) is 10.7. The monoisotopic (exact) mass is 404 g/mol. The molecule has 4 rings (SSSR count). The van der Waals surface area contributed by atoms with Gasteiger partial charge in [0.1, 0.15) is 0 Å². The molecule has 0 amide bonds. The van der Waals surface area contributed by atoms with Crippen LogP contribution in [0.25, 0.3) is 22.0 Å². The summed E-state index contributed by atoms with van der Waals surface area (Å²) in [5.74, 6) is 0. The number of aromatic nitrogens is 2. The van der Waals surface area contributed by atoms with Crippen molar-refractivity contribution in [3.8, 4) is 11.3 Å². The molecule has 3 aromatic carbocycles. The first-order valence-electron chi connectivity index (χ1n) is 9.23. The smallest absolute Gasteiger partial charge is 0.276 e. The van der Waals surface area contributed by atoms with Crippen LogP contribution in [0.5, 0.6) is 0 Å². The van der Waals surface area contributed by atoms with Crippen LogP contribution in [0.15, 0.2) is 82.9 Å². The van der Waals surface area contributed by atoms with E-state index < -0.39 is 10.0 Å². The molecule has 4 aromatic rings. The molecular weight excluding hydrogens is 384 g/mol. The van der Waals surface area contributed by atoms with E-state index in [0.29, 0.717) is 5.56 Å². The Bertz CT molecular complexity index is 1280. The molecule has 2 N–H and O–H groups in total. The topological polar surface area (TPSA) is 87.2 Å². The second-order valence-electron chi connectivity index (χ2n) is 6.61. The van der Waals surface area contributed by atoms with E-state index in [2.05, 4.69) is 39.2 Å². The van der Waals surface area contributed by atoms with Crippen molar-refractivity contribution in [2.45, 2.75) is 18.2 Å². The van der Waals surface area contributed by atoms with Crippen molar-refractivity contribution in [2.75, 3.05) is 0 Å². The molecule has 0 unspecified atom stereocenters. The lowest BCUT2D eigenvalue weighted by Gasteiger charge is -2.05. The van der Waals surface area contributed by atoms with E-state index in [0.717, 1.165) is 28.5 Å². The number of hydrazone groups is 1. The molecule has 29 heavy (non-hydrogen) atoms. The number of H-pyrrole nitrogens is 1. The Balaban J connectivity index is 1.54. The molecular formula is C22H20N4O2S. The van der Waals surface area contributed by atoms with Crippen LogP contribution in [0.2, 0.25) is 0 Å². The number of sulfonamides is 1. The maximum atomic E-state index is 12.6. The highest BCUT2D eigenvalue weighted by Crippen LogP contribution is 2.21. The van der Waals surface area contributed by atoms with Crippen molar-refractivity contribution >= 4 is 27.0 Å². The van der Waals surface area contributed by atoms with Crippen LogP contribution in [0.3, 0.4) is 0 Å². The lowest BCUT2D eigenvalue weighted by Crippen LogP contribution is -2.18. The van der Waals surface area contributed by atoms with Gasteiger partial charge in [0, 0.05) is 11.1 Å². The number of fused-ring (bicyclic) bond motifs is 1. The Labute approximate surface area is 169 Å². The molecule has 146 valence electrons. The SMILES string of the molecule is CCc1ccc(-c2[nH]ncc2/C=N/NS(=O)(=O)c2ccc3ccccc3c2)cc1. The minimum absolute atomic E-state index is 0.163. The molecule has 0 atom stereocenters. The van der Waals surface area contributed by atoms with E-state index in [4.69, 9.17) is 0 Å². The fourth-order valence-electron chi connectivity index (χ4n) is 3.08. The van der Waals surface area contributed by atoms with Gasteiger partial charge in [0.05, 0.1) is 23.0 Å². The van der Waals surface area contributed by atoms with Gasteiger partial charge in [-0.25, -0.2) is 4.83 Å². The Morgan fingerprint density at radius 1 is 1.03 bits per heavy atom. The molecule has 0 saturated carbocycles. The molecule has 1 heterocycles. The predicted octanol–water partition coefficient (Wildman–Crippen LogP) is 4.10. The van der Waals surface area contributed by atoms with E-state index in [-0.39, 0.29) is 4.90 Å². The van der Waals surface area contributed by atoms with Crippen LogP contribution in [-0.4, -0.2) is 24.8 Å². The third kappa shape index (κ3) is 4.05.